The summed E-state index contributed by atoms with van der Waals surface area (Å²) in [4.78, 5) is 8.97. The molecule has 5 nitrogen and oxygen atoms in total. The number of hydrogen-bond acceptors (Lipinski definition) is 4. The Kier molecular flexibility index (Phi) is 8.96. The Morgan fingerprint density at radius 3 is 1.67 bits per heavy atom. The molecule has 5 heteroatoms. The van der Waals surface area contributed by atoms with Crippen LogP contribution in [0.2, 0.25) is 0 Å². The van der Waals surface area contributed by atoms with E-state index in [4.69, 9.17) is 17.9 Å². The Labute approximate surface area is 452 Å². The first-order chi connectivity index (χ1) is 41.0. The number of pyridine rings is 1. The molecule has 360 valence electrons. The predicted octanol–water partition coefficient (Wildman–Crippen LogP) is 18.9. The summed E-state index contributed by atoms with van der Waals surface area (Å²) in [6, 6.07) is 59.2. The molecule has 12 aromatic rings. The van der Waals surface area contributed by atoms with Gasteiger partial charge in [0, 0.05) is 45.9 Å². The molecule has 0 amide bonds. The Balaban J connectivity index is 1.05. The van der Waals surface area contributed by atoms with E-state index in [1.807, 2.05) is 96.0 Å². The molecule has 2 aromatic heterocycles. The van der Waals surface area contributed by atoms with Crippen LogP contribution >= 0.6 is 0 Å². The van der Waals surface area contributed by atoms with Crippen LogP contribution in [0.1, 0.15) is 40.0 Å². The molecule has 0 N–H and O–H groups in total. The minimum Gasteiger partial charge on any atom is -0.457 e. The van der Waals surface area contributed by atoms with Crippen molar-refractivity contribution in [1.29, 1.82) is 0 Å². The van der Waals surface area contributed by atoms with E-state index in [1.54, 1.807) is 18.2 Å². The number of ether oxygens (including phenoxy) is 1. The summed E-state index contributed by atoms with van der Waals surface area (Å²) in [7, 11) is 0. The van der Waals surface area contributed by atoms with Gasteiger partial charge in [0.15, 0.2) is 0 Å². The first kappa shape index (κ1) is 35.6. The van der Waals surface area contributed by atoms with Crippen LogP contribution in [-0.4, -0.2) is 16.2 Å². The van der Waals surface area contributed by atoms with Gasteiger partial charge in [-0.2, -0.15) is 0 Å². The summed E-state index contributed by atoms with van der Waals surface area (Å²) >= 11 is 0. The van der Waals surface area contributed by atoms with E-state index in [1.165, 1.54) is 0 Å². The number of fused-ring (bicyclic) bond motifs is 4. The fourth-order valence-electron chi connectivity index (χ4n) is 10.6. The molecule has 0 aliphatic carbocycles. The fourth-order valence-corrected chi connectivity index (χ4v) is 10.6. The average molecular weight is 977 g/mol. The van der Waals surface area contributed by atoms with Crippen molar-refractivity contribution in [3.63, 3.8) is 0 Å². The van der Waals surface area contributed by atoms with Gasteiger partial charge in [-0.25, -0.2) is 4.98 Å². The lowest BCUT2D eigenvalue weighted by Crippen LogP contribution is -2.25. The van der Waals surface area contributed by atoms with Crippen LogP contribution in [0.5, 0.6) is 11.5 Å². The second-order valence-corrected chi connectivity index (χ2v) is 19.7. The summed E-state index contributed by atoms with van der Waals surface area (Å²) in [6.45, 7) is 6.62. The van der Waals surface area contributed by atoms with Gasteiger partial charge in [0.2, 0.25) is 0 Å². The zero-order valence-electron chi connectivity index (χ0n) is 51.5. The minimum atomic E-state index is -0.563. The van der Waals surface area contributed by atoms with Crippen molar-refractivity contribution in [2.75, 3.05) is 16.5 Å². The summed E-state index contributed by atoms with van der Waals surface area (Å²) < 4.78 is 98.7. The quantitative estimate of drug-likeness (QED) is 0.137. The normalized spacial score (nSPS) is 14.2. The Morgan fingerprint density at radius 2 is 1.03 bits per heavy atom. The number of hydrogen-bond donors (Lipinski definition) is 0. The molecule has 0 bridgehead atoms. The third-order valence-electron chi connectivity index (χ3n) is 14.0. The van der Waals surface area contributed by atoms with Gasteiger partial charge >= 0.3 is 0 Å². The molecule has 0 saturated heterocycles. The molecule has 10 aromatic carbocycles. The van der Waals surface area contributed by atoms with Crippen molar-refractivity contribution in [2.45, 2.75) is 26.2 Å². The number of nitrogens with zero attached hydrogens (tertiary/aromatic N) is 4. The van der Waals surface area contributed by atoms with Gasteiger partial charge < -0.3 is 14.5 Å². The number of anilines is 4. The summed E-state index contributed by atoms with van der Waals surface area (Å²) in [5.74, 6) is 1.87. The molecule has 1 aliphatic rings. The van der Waals surface area contributed by atoms with Crippen LogP contribution in [0.4, 0.5) is 22.7 Å². The van der Waals surface area contributed by atoms with Crippen LogP contribution in [-0.2, 0) is 5.41 Å². The molecule has 0 atom stereocenters. The van der Waals surface area contributed by atoms with Crippen LogP contribution < -0.4 is 14.5 Å². The number of rotatable bonds is 10. The number of para-hydroxylation sites is 4. The lowest BCUT2D eigenvalue weighted by Gasteiger charge is -2.27. The molecule has 0 saturated carbocycles. The fraction of sp³-hybridized carbons (Fsp3) is 0.0714. The molecule has 0 fully saturated rings. The van der Waals surface area contributed by atoms with Gasteiger partial charge in [0.1, 0.15) is 24.0 Å². The maximum Gasteiger partial charge on any atom is 0.137 e. The minimum absolute atomic E-state index is 0.0438. The predicted molar refractivity (Wildman–Crippen MR) is 313 cm³/mol. The molecule has 13 rings (SSSR count). The van der Waals surface area contributed by atoms with Crippen LogP contribution in [0.25, 0.3) is 83.3 Å². The lowest BCUT2D eigenvalue weighted by molar-refractivity contribution is 0.483. The highest BCUT2D eigenvalue weighted by Crippen LogP contribution is 2.52. The molecular weight excluding hydrogens is 913 g/mol. The third-order valence-corrected chi connectivity index (χ3v) is 14.0. The molecule has 0 spiro atoms. The van der Waals surface area contributed by atoms with E-state index in [-0.39, 0.29) is 40.0 Å². The SMILES string of the molecule is [2H]c1c([2H])c([2H])c(-c2cccc(-c3c([2H])c([2H])c([2H])c([2H])c3[2H])c2N2CN(c3cc(Oc4ccc5c6ccccc6n(-c6cc(C(C)(C)C)ccn6)c5c4)cc(-c4c(-c5ccccc5)cccc4-c4ccccc4)c3)c3ccccc32)c([2H])c1[2H]. The van der Waals surface area contributed by atoms with Gasteiger partial charge in [0.05, 0.1) is 41.8 Å². The van der Waals surface area contributed by atoms with E-state index in [0.717, 1.165) is 72.3 Å². The molecule has 0 unspecified atom stereocenters. The van der Waals surface area contributed by atoms with Gasteiger partial charge in [-0.05, 0) is 110 Å². The van der Waals surface area contributed by atoms with Crippen LogP contribution in [0.15, 0.2) is 261 Å². The van der Waals surface area contributed by atoms with E-state index in [9.17, 15) is 5.48 Å². The highest BCUT2D eigenvalue weighted by Gasteiger charge is 2.32. The van der Waals surface area contributed by atoms with Gasteiger partial charge in [0.25, 0.3) is 0 Å². The number of benzene rings is 10. The van der Waals surface area contributed by atoms with Crippen molar-refractivity contribution >= 4 is 44.6 Å². The van der Waals surface area contributed by atoms with Crippen LogP contribution in [0.3, 0.4) is 0 Å². The zero-order chi connectivity index (χ0) is 59.2. The Morgan fingerprint density at radius 1 is 0.453 bits per heavy atom. The Hall–Kier alpha value is -9.45. The van der Waals surface area contributed by atoms with Crippen LogP contribution in [0, 0.1) is 0 Å². The van der Waals surface area contributed by atoms with E-state index in [0.29, 0.717) is 22.9 Å². The maximum absolute atomic E-state index is 9.28. The monoisotopic (exact) mass is 976 g/mol. The first-order valence-corrected chi connectivity index (χ1v) is 25.0. The Bertz CT molecular complexity index is 4470. The van der Waals surface area contributed by atoms with Crippen molar-refractivity contribution in [2.24, 2.45) is 0 Å². The molecular formula is C70H54N4O. The molecule has 75 heavy (non-hydrogen) atoms. The average Bonchev–Trinajstić information content (AvgIpc) is 2.15. The molecule has 1 aliphatic heterocycles. The van der Waals surface area contributed by atoms with Crippen molar-refractivity contribution in [1.82, 2.24) is 9.55 Å². The van der Waals surface area contributed by atoms with Gasteiger partial charge in [-0.15, -0.1) is 0 Å². The van der Waals surface area contributed by atoms with Gasteiger partial charge in [-0.3, -0.25) is 4.57 Å². The summed E-state index contributed by atoms with van der Waals surface area (Å²) in [5, 5.41) is 2.10. The second kappa shape index (κ2) is 18.9. The highest BCUT2D eigenvalue weighted by atomic mass is 16.5. The third kappa shape index (κ3) is 8.38. The molecule has 0 radical (unpaired) electrons. The second-order valence-electron chi connectivity index (χ2n) is 19.7. The van der Waals surface area contributed by atoms with Crippen molar-refractivity contribution in [3.8, 4) is 73.0 Å². The summed E-state index contributed by atoms with van der Waals surface area (Å²) in [5.41, 5.74) is 11.2. The van der Waals surface area contributed by atoms with Gasteiger partial charge in [-0.1, -0.05) is 209 Å². The van der Waals surface area contributed by atoms with E-state index >= 15 is 0 Å². The first-order valence-electron chi connectivity index (χ1n) is 30.0. The smallest absolute Gasteiger partial charge is 0.137 e. The largest absolute Gasteiger partial charge is 0.457 e. The highest BCUT2D eigenvalue weighted by molar-refractivity contribution is 6.09. The van der Waals surface area contributed by atoms with Crippen molar-refractivity contribution in [3.05, 3.63) is 266 Å². The summed E-state index contributed by atoms with van der Waals surface area (Å²) in [6.07, 6.45) is 1.86. The zero-order valence-corrected chi connectivity index (χ0v) is 41.5. The van der Waals surface area contributed by atoms with Crippen molar-refractivity contribution < 1.29 is 18.4 Å². The lowest BCUT2D eigenvalue weighted by atomic mass is 9.87. The topological polar surface area (TPSA) is 33.5 Å². The number of aromatic nitrogens is 2. The molecule has 3 heterocycles. The van der Waals surface area contributed by atoms with E-state index in [2.05, 4.69) is 121 Å². The standard InChI is InChI=1S/C70H54N4O/c1-70(2,3)53-40-41-71-67(44-53)74-63-35-17-16-30-61(63)62-39-38-55(46-66(62)74)75-56-43-52(68-57(48-22-8-4-9-23-48)31-20-32-58(68)49-24-10-5-11-25-49)42-54(45-56)72-47-73(65-37-19-18-36-64(65)72)69-59(50-26-12-6-13-27-50)33-21-34-60(69)51-28-14-7-15-29-51/h4-46H,47H2,1-3H3/i6D,7D,12D,13D,14D,15D,26D,27D,28D,29D. The maximum atomic E-state index is 9.28. The van der Waals surface area contributed by atoms with E-state index < -0.39 is 60.4 Å².